The van der Waals surface area contributed by atoms with E-state index in [1.54, 1.807) is 6.92 Å². The molecule has 1 N–H and O–H groups in total. The van der Waals surface area contributed by atoms with Gasteiger partial charge in [-0.2, -0.15) is 0 Å². The third-order valence-electron chi connectivity index (χ3n) is 1.69. The van der Waals surface area contributed by atoms with Gasteiger partial charge in [-0.1, -0.05) is 0 Å². The van der Waals surface area contributed by atoms with E-state index in [0.29, 0.717) is 13.2 Å². The summed E-state index contributed by atoms with van der Waals surface area (Å²) in [6.07, 6.45) is -0.269. The molecule has 74 valence electrons. The van der Waals surface area contributed by atoms with Crippen LogP contribution in [0.5, 0.6) is 0 Å². The van der Waals surface area contributed by atoms with E-state index in [-0.39, 0.29) is 12.2 Å². The van der Waals surface area contributed by atoms with Gasteiger partial charge in [-0.25, -0.2) is 0 Å². The molecule has 0 rings (SSSR count). The van der Waals surface area contributed by atoms with Gasteiger partial charge in [-0.05, 0) is 27.7 Å². The van der Waals surface area contributed by atoms with Gasteiger partial charge in [0.05, 0.1) is 24.9 Å². The third kappa shape index (κ3) is 5.52. The number of ether oxygens (including phenoxy) is 2. The van der Waals surface area contributed by atoms with Gasteiger partial charge in [0.2, 0.25) is 0 Å². The van der Waals surface area contributed by atoms with Crippen LogP contribution in [0, 0.1) is 0 Å². The van der Waals surface area contributed by atoms with Crippen molar-refractivity contribution in [3.05, 3.63) is 0 Å². The Morgan fingerprint density at radius 1 is 1.08 bits per heavy atom. The molecule has 0 aromatic carbocycles. The van der Waals surface area contributed by atoms with Crippen LogP contribution in [0.1, 0.15) is 27.7 Å². The lowest BCUT2D eigenvalue weighted by atomic mass is 10.2. The molecule has 0 saturated carbocycles. The van der Waals surface area contributed by atoms with Crippen LogP contribution in [-0.4, -0.2) is 36.6 Å². The van der Waals surface area contributed by atoms with Crippen LogP contribution >= 0.6 is 0 Å². The van der Waals surface area contributed by atoms with E-state index in [4.69, 9.17) is 14.6 Å². The predicted molar refractivity (Wildman–Crippen MR) is 48.2 cm³/mol. The summed E-state index contributed by atoms with van der Waals surface area (Å²) in [6.45, 7) is 8.65. The van der Waals surface area contributed by atoms with Crippen LogP contribution in [0.25, 0.3) is 0 Å². The molecule has 0 aliphatic rings. The first-order valence-corrected chi connectivity index (χ1v) is 4.49. The second-order valence-electron chi connectivity index (χ2n) is 3.05. The molecule has 3 atom stereocenters. The topological polar surface area (TPSA) is 38.7 Å². The Kier molecular flexibility index (Phi) is 6.34. The monoisotopic (exact) mass is 176 g/mol. The van der Waals surface area contributed by atoms with E-state index in [1.165, 1.54) is 0 Å². The van der Waals surface area contributed by atoms with Gasteiger partial charge in [0.1, 0.15) is 0 Å². The second-order valence-corrected chi connectivity index (χ2v) is 3.05. The summed E-state index contributed by atoms with van der Waals surface area (Å²) < 4.78 is 10.7. The van der Waals surface area contributed by atoms with Crippen LogP contribution in [0.3, 0.4) is 0 Å². The maximum atomic E-state index is 8.95. The van der Waals surface area contributed by atoms with Gasteiger partial charge in [0, 0.05) is 6.61 Å². The lowest BCUT2D eigenvalue weighted by molar-refractivity contribution is -0.0721. The van der Waals surface area contributed by atoms with Gasteiger partial charge >= 0.3 is 0 Å². The van der Waals surface area contributed by atoms with Crippen molar-refractivity contribution in [2.75, 3.05) is 13.2 Å². The first kappa shape index (κ1) is 11.9. The zero-order valence-electron chi connectivity index (χ0n) is 8.41. The minimum absolute atomic E-state index is 0.0412. The number of hydrogen-bond acceptors (Lipinski definition) is 3. The van der Waals surface area contributed by atoms with Gasteiger partial charge in [0.25, 0.3) is 0 Å². The molecular formula is C9H20O3. The van der Waals surface area contributed by atoms with E-state index >= 15 is 0 Å². The molecule has 0 aliphatic carbocycles. The molecule has 3 unspecified atom stereocenters. The van der Waals surface area contributed by atoms with Gasteiger partial charge in [0.15, 0.2) is 0 Å². The standard InChI is InChI=1S/C9H20O3/c1-5-11-8(3)9(4)12-6-7(2)10/h7-10H,5-6H2,1-4H3. The zero-order valence-corrected chi connectivity index (χ0v) is 8.41. The van der Waals surface area contributed by atoms with Gasteiger partial charge < -0.3 is 14.6 Å². The number of rotatable bonds is 6. The van der Waals surface area contributed by atoms with Crippen molar-refractivity contribution < 1.29 is 14.6 Å². The summed E-state index contributed by atoms with van der Waals surface area (Å²) in [5.74, 6) is 0. The summed E-state index contributed by atoms with van der Waals surface area (Å²) in [5.41, 5.74) is 0. The molecule has 0 saturated heterocycles. The Labute approximate surface area is 74.7 Å². The Morgan fingerprint density at radius 2 is 1.58 bits per heavy atom. The van der Waals surface area contributed by atoms with Gasteiger partial charge in [-0.15, -0.1) is 0 Å². The maximum absolute atomic E-state index is 8.95. The highest BCUT2D eigenvalue weighted by Gasteiger charge is 2.12. The van der Waals surface area contributed by atoms with E-state index in [0.717, 1.165) is 0 Å². The van der Waals surface area contributed by atoms with Gasteiger partial charge in [-0.3, -0.25) is 0 Å². The summed E-state index contributed by atoms with van der Waals surface area (Å²) in [7, 11) is 0. The molecule has 3 nitrogen and oxygen atoms in total. The Hall–Kier alpha value is -0.120. The highest BCUT2D eigenvalue weighted by molar-refractivity contribution is 4.60. The molecule has 0 amide bonds. The molecule has 0 bridgehead atoms. The average Bonchev–Trinajstić information content (AvgIpc) is 2.00. The number of hydrogen-bond donors (Lipinski definition) is 1. The van der Waals surface area contributed by atoms with Crippen molar-refractivity contribution in [3.8, 4) is 0 Å². The molecule has 0 aromatic rings. The summed E-state index contributed by atoms with van der Waals surface area (Å²) in [4.78, 5) is 0. The number of aliphatic hydroxyl groups is 1. The van der Waals surface area contributed by atoms with E-state index < -0.39 is 6.10 Å². The lowest BCUT2D eigenvalue weighted by Crippen LogP contribution is -2.28. The highest BCUT2D eigenvalue weighted by atomic mass is 16.5. The highest BCUT2D eigenvalue weighted by Crippen LogP contribution is 2.03. The molecule has 3 heteroatoms. The normalized spacial score (nSPS) is 18.8. The quantitative estimate of drug-likeness (QED) is 0.661. The van der Waals surface area contributed by atoms with Crippen molar-refractivity contribution in [2.45, 2.75) is 46.0 Å². The molecule has 12 heavy (non-hydrogen) atoms. The van der Waals surface area contributed by atoms with Crippen molar-refractivity contribution in [3.63, 3.8) is 0 Å². The van der Waals surface area contributed by atoms with Crippen LogP contribution in [0.4, 0.5) is 0 Å². The smallest absolute Gasteiger partial charge is 0.0807 e. The molecule has 0 radical (unpaired) electrons. The molecule has 0 fully saturated rings. The fraction of sp³-hybridized carbons (Fsp3) is 1.00. The van der Waals surface area contributed by atoms with Crippen molar-refractivity contribution in [1.29, 1.82) is 0 Å². The third-order valence-corrected chi connectivity index (χ3v) is 1.69. The lowest BCUT2D eigenvalue weighted by Gasteiger charge is -2.20. The fourth-order valence-corrected chi connectivity index (χ4v) is 0.825. The average molecular weight is 176 g/mol. The maximum Gasteiger partial charge on any atom is 0.0807 e. The fourth-order valence-electron chi connectivity index (χ4n) is 0.825. The molecule has 0 aromatic heterocycles. The van der Waals surface area contributed by atoms with Crippen LogP contribution in [0.2, 0.25) is 0 Å². The van der Waals surface area contributed by atoms with Crippen LogP contribution < -0.4 is 0 Å². The van der Waals surface area contributed by atoms with Crippen molar-refractivity contribution >= 4 is 0 Å². The van der Waals surface area contributed by atoms with Crippen LogP contribution in [0.15, 0.2) is 0 Å². The second kappa shape index (κ2) is 6.40. The first-order chi connectivity index (χ1) is 5.57. The van der Waals surface area contributed by atoms with E-state index in [1.807, 2.05) is 20.8 Å². The van der Waals surface area contributed by atoms with Crippen molar-refractivity contribution in [2.24, 2.45) is 0 Å². The minimum atomic E-state index is -0.402. The summed E-state index contributed by atoms with van der Waals surface area (Å²) in [5, 5.41) is 8.95. The Morgan fingerprint density at radius 3 is 2.00 bits per heavy atom. The van der Waals surface area contributed by atoms with Crippen molar-refractivity contribution in [1.82, 2.24) is 0 Å². The summed E-state index contributed by atoms with van der Waals surface area (Å²) in [6, 6.07) is 0. The Balaban J connectivity index is 3.49. The SMILES string of the molecule is CCOC(C)C(C)OCC(C)O. The molecule has 0 spiro atoms. The first-order valence-electron chi connectivity index (χ1n) is 4.49. The van der Waals surface area contributed by atoms with E-state index in [2.05, 4.69) is 0 Å². The molecule has 0 aliphatic heterocycles. The molecule has 0 heterocycles. The largest absolute Gasteiger partial charge is 0.391 e. The van der Waals surface area contributed by atoms with Crippen LogP contribution in [-0.2, 0) is 9.47 Å². The number of aliphatic hydroxyl groups excluding tert-OH is 1. The minimum Gasteiger partial charge on any atom is -0.391 e. The summed E-state index contributed by atoms with van der Waals surface area (Å²) >= 11 is 0. The van der Waals surface area contributed by atoms with E-state index in [9.17, 15) is 0 Å². The Bertz CT molecular complexity index is 104. The molecular weight excluding hydrogens is 156 g/mol. The zero-order chi connectivity index (χ0) is 9.56. The predicted octanol–water partition coefficient (Wildman–Crippen LogP) is 1.20.